The zero-order valence-electron chi connectivity index (χ0n) is 16.2. The van der Waals surface area contributed by atoms with Gasteiger partial charge in [-0.25, -0.2) is 4.68 Å². The zero-order chi connectivity index (χ0) is 18.9. The highest BCUT2D eigenvalue weighted by Crippen LogP contribution is 2.41. The Kier molecular flexibility index (Phi) is 4.91. The van der Waals surface area contributed by atoms with Crippen LogP contribution in [0.15, 0.2) is 36.5 Å². The highest BCUT2D eigenvalue weighted by molar-refractivity contribution is 5.92. The minimum absolute atomic E-state index is 0.0463. The normalized spacial score (nSPS) is 20.0. The number of carbonyl (C=O) groups is 1. The summed E-state index contributed by atoms with van der Waals surface area (Å²) in [5.74, 6) is 0.850. The van der Waals surface area contributed by atoms with Crippen LogP contribution >= 0.6 is 0 Å². The molecule has 6 heteroatoms. The van der Waals surface area contributed by atoms with Gasteiger partial charge in [-0.2, -0.15) is 5.10 Å². The molecule has 4 rings (SSSR count). The van der Waals surface area contributed by atoms with Gasteiger partial charge in [0.15, 0.2) is 5.69 Å². The Morgan fingerprint density at radius 2 is 1.63 bits per heavy atom. The molecular weight excluding hydrogens is 340 g/mol. The van der Waals surface area contributed by atoms with E-state index in [0.717, 1.165) is 37.4 Å². The van der Waals surface area contributed by atoms with Crippen molar-refractivity contribution in [1.82, 2.24) is 19.6 Å². The lowest BCUT2D eigenvalue weighted by atomic mass is 9.71. The Morgan fingerprint density at radius 1 is 1.00 bits per heavy atom. The van der Waals surface area contributed by atoms with Gasteiger partial charge in [-0.15, -0.1) is 0 Å². The molecule has 0 radical (unpaired) electrons. The van der Waals surface area contributed by atoms with Crippen molar-refractivity contribution in [2.45, 2.75) is 25.7 Å². The molecule has 0 saturated carbocycles. The summed E-state index contributed by atoms with van der Waals surface area (Å²) in [5, 5.41) is 4.50. The number of methoxy groups -OCH3 is 1. The first-order valence-electron chi connectivity index (χ1n) is 9.77. The third-order valence-electron chi connectivity index (χ3n) is 6.30. The number of hydrogen-bond donors (Lipinski definition) is 0. The van der Waals surface area contributed by atoms with Crippen LogP contribution < -0.4 is 4.74 Å². The van der Waals surface area contributed by atoms with Gasteiger partial charge in [0.25, 0.3) is 5.91 Å². The molecule has 6 nitrogen and oxygen atoms in total. The summed E-state index contributed by atoms with van der Waals surface area (Å²) in [7, 11) is 3.85. The predicted molar refractivity (Wildman–Crippen MR) is 104 cm³/mol. The smallest absolute Gasteiger partial charge is 0.274 e. The summed E-state index contributed by atoms with van der Waals surface area (Å²) < 4.78 is 6.93. The highest BCUT2D eigenvalue weighted by Gasteiger charge is 2.38. The van der Waals surface area contributed by atoms with Gasteiger partial charge in [0, 0.05) is 19.3 Å². The first-order valence-corrected chi connectivity index (χ1v) is 9.77. The zero-order valence-corrected chi connectivity index (χ0v) is 16.2. The average Bonchev–Trinajstić information content (AvgIpc) is 3.21. The topological polar surface area (TPSA) is 50.6 Å². The van der Waals surface area contributed by atoms with Crippen LogP contribution in [0.1, 0.15) is 36.2 Å². The van der Waals surface area contributed by atoms with Gasteiger partial charge in [-0.3, -0.25) is 4.79 Å². The van der Waals surface area contributed by atoms with E-state index < -0.39 is 0 Å². The van der Waals surface area contributed by atoms with E-state index in [0.29, 0.717) is 11.1 Å². The summed E-state index contributed by atoms with van der Waals surface area (Å²) in [6, 6.07) is 9.47. The molecule has 1 aromatic carbocycles. The number of amides is 1. The number of benzene rings is 1. The number of nitrogens with zero attached hydrogens (tertiary/aromatic N) is 4. The van der Waals surface area contributed by atoms with E-state index in [1.807, 2.05) is 41.4 Å². The van der Waals surface area contributed by atoms with Gasteiger partial charge < -0.3 is 14.5 Å². The fraction of sp³-hybridized carbons (Fsp3) is 0.524. The van der Waals surface area contributed by atoms with Crippen molar-refractivity contribution in [1.29, 1.82) is 0 Å². The molecule has 0 N–H and O–H groups in total. The number of carbonyl (C=O) groups excluding carboxylic acids is 1. The minimum Gasteiger partial charge on any atom is -0.497 e. The van der Waals surface area contributed by atoms with Gasteiger partial charge in [-0.1, -0.05) is 0 Å². The van der Waals surface area contributed by atoms with Crippen LogP contribution in [0, 0.1) is 5.41 Å². The molecule has 144 valence electrons. The van der Waals surface area contributed by atoms with Gasteiger partial charge in [0.1, 0.15) is 5.75 Å². The lowest BCUT2D eigenvalue weighted by Crippen LogP contribution is -2.47. The molecule has 2 aromatic rings. The lowest BCUT2D eigenvalue weighted by molar-refractivity contribution is 0.0348. The van der Waals surface area contributed by atoms with Crippen molar-refractivity contribution in [3.8, 4) is 11.4 Å². The summed E-state index contributed by atoms with van der Waals surface area (Å²) in [6.07, 6.45) is 6.60. The van der Waals surface area contributed by atoms with Crippen molar-refractivity contribution in [2.75, 3.05) is 40.3 Å². The fourth-order valence-corrected chi connectivity index (χ4v) is 4.26. The first-order chi connectivity index (χ1) is 13.1. The monoisotopic (exact) mass is 368 g/mol. The molecule has 0 atom stereocenters. The van der Waals surface area contributed by atoms with Gasteiger partial charge >= 0.3 is 0 Å². The van der Waals surface area contributed by atoms with E-state index in [1.165, 1.54) is 25.9 Å². The number of piperidine rings is 2. The standard InChI is InChI=1S/C21H28N4O2/c1-23-13-8-21(9-14-23)10-15-24(16-11-21)20(26)19-7-12-25(22-19)17-3-5-18(27-2)6-4-17/h3-7,12H,8-11,13-16H2,1-2H3. The largest absolute Gasteiger partial charge is 0.497 e. The lowest BCUT2D eigenvalue weighted by Gasteiger charge is -2.46. The van der Waals surface area contributed by atoms with E-state index in [2.05, 4.69) is 17.0 Å². The first kappa shape index (κ1) is 18.0. The molecule has 2 aliphatic heterocycles. The van der Waals surface area contributed by atoms with Crippen molar-refractivity contribution < 1.29 is 9.53 Å². The van der Waals surface area contributed by atoms with E-state index in [9.17, 15) is 4.79 Å². The SMILES string of the molecule is COc1ccc(-n2ccc(C(=O)N3CCC4(CCN(C)CC4)CC3)n2)cc1. The summed E-state index contributed by atoms with van der Waals surface area (Å²) in [5.41, 5.74) is 1.88. The molecule has 1 spiro atoms. The summed E-state index contributed by atoms with van der Waals surface area (Å²) in [6.45, 7) is 4.05. The number of ether oxygens (including phenoxy) is 1. The second-order valence-electron chi connectivity index (χ2n) is 7.94. The molecule has 1 aromatic heterocycles. The van der Waals surface area contributed by atoms with Crippen molar-refractivity contribution in [3.63, 3.8) is 0 Å². The second-order valence-corrected chi connectivity index (χ2v) is 7.94. The second kappa shape index (κ2) is 7.35. The quantitative estimate of drug-likeness (QED) is 0.836. The number of rotatable bonds is 3. The van der Waals surface area contributed by atoms with Crippen LogP contribution in [0.3, 0.4) is 0 Å². The van der Waals surface area contributed by atoms with E-state index in [4.69, 9.17) is 4.74 Å². The molecule has 0 bridgehead atoms. The summed E-state index contributed by atoms with van der Waals surface area (Å²) >= 11 is 0. The third kappa shape index (κ3) is 3.72. The van der Waals surface area contributed by atoms with Crippen molar-refractivity contribution in [3.05, 3.63) is 42.2 Å². The van der Waals surface area contributed by atoms with E-state index >= 15 is 0 Å². The molecule has 0 aliphatic carbocycles. The molecule has 0 unspecified atom stereocenters. The maximum absolute atomic E-state index is 12.9. The van der Waals surface area contributed by atoms with Crippen LogP contribution in [-0.2, 0) is 0 Å². The van der Waals surface area contributed by atoms with Gasteiger partial charge in [0.05, 0.1) is 12.8 Å². The maximum atomic E-state index is 12.9. The van der Waals surface area contributed by atoms with E-state index in [-0.39, 0.29) is 5.91 Å². The molecule has 27 heavy (non-hydrogen) atoms. The van der Waals surface area contributed by atoms with Gasteiger partial charge in [-0.05, 0) is 81.6 Å². The Morgan fingerprint density at radius 3 is 2.26 bits per heavy atom. The van der Waals surface area contributed by atoms with Crippen molar-refractivity contribution in [2.24, 2.45) is 5.41 Å². The minimum atomic E-state index is 0.0463. The number of likely N-dealkylation sites (tertiary alicyclic amines) is 2. The Labute approximate surface area is 160 Å². The molecule has 2 aliphatic rings. The molecule has 2 fully saturated rings. The Bertz CT molecular complexity index is 781. The predicted octanol–water partition coefficient (Wildman–Crippen LogP) is 2.83. The van der Waals surface area contributed by atoms with Crippen molar-refractivity contribution >= 4 is 5.91 Å². The molecule has 2 saturated heterocycles. The Hall–Kier alpha value is -2.34. The highest BCUT2D eigenvalue weighted by atomic mass is 16.5. The molecule has 3 heterocycles. The molecular formula is C21H28N4O2. The number of aromatic nitrogens is 2. The third-order valence-corrected chi connectivity index (χ3v) is 6.30. The van der Waals surface area contributed by atoms with Crippen LogP contribution in [-0.4, -0.2) is 65.8 Å². The van der Waals surface area contributed by atoms with E-state index in [1.54, 1.807) is 11.8 Å². The number of hydrogen-bond acceptors (Lipinski definition) is 4. The Balaban J connectivity index is 1.40. The van der Waals surface area contributed by atoms with Crippen LogP contribution in [0.5, 0.6) is 5.75 Å². The fourth-order valence-electron chi connectivity index (χ4n) is 4.26. The summed E-state index contributed by atoms with van der Waals surface area (Å²) in [4.78, 5) is 17.3. The maximum Gasteiger partial charge on any atom is 0.274 e. The van der Waals surface area contributed by atoms with Crippen LogP contribution in [0.25, 0.3) is 5.69 Å². The van der Waals surface area contributed by atoms with Crippen LogP contribution in [0.4, 0.5) is 0 Å². The van der Waals surface area contributed by atoms with Crippen LogP contribution in [0.2, 0.25) is 0 Å². The van der Waals surface area contributed by atoms with Gasteiger partial charge in [0.2, 0.25) is 0 Å². The average molecular weight is 368 g/mol. The molecule has 1 amide bonds.